The van der Waals surface area contributed by atoms with E-state index < -0.39 is 8.07 Å². The second-order valence-electron chi connectivity index (χ2n) is 8.03. The number of para-hydroxylation sites is 1. The largest absolute Gasteiger partial charge is 0.344 e. The highest BCUT2D eigenvalue weighted by Crippen LogP contribution is 2.41. The van der Waals surface area contributed by atoms with Crippen LogP contribution in [0.5, 0.6) is 0 Å². The maximum absolute atomic E-state index is 2.42. The van der Waals surface area contributed by atoms with Crippen LogP contribution in [0.4, 0.5) is 11.4 Å². The van der Waals surface area contributed by atoms with Crippen molar-refractivity contribution < 1.29 is 0 Å². The number of hydrogen-bond donors (Lipinski definition) is 0. The summed E-state index contributed by atoms with van der Waals surface area (Å²) in [5, 5.41) is 4.25. The van der Waals surface area contributed by atoms with Crippen LogP contribution < -0.4 is 10.1 Å². The lowest BCUT2D eigenvalue weighted by Crippen LogP contribution is -2.40. The molecule has 3 heteroatoms. The normalized spacial score (nSPS) is 12.0. The van der Waals surface area contributed by atoms with Crippen LogP contribution in [-0.4, -0.2) is 15.1 Å². The van der Waals surface area contributed by atoms with Gasteiger partial charge < -0.3 is 4.90 Å². The van der Waals surface area contributed by atoms with Gasteiger partial charge in [-0.15, -0.1) is 11.3 Å². The fourth-order valence-corrected chi connectivity index (χ4v) is 6.67. The molecular weight excluding hydrogens is 350 g/mol. The molecule has 0 aliphatic heterocycles. The zero-order chi connectivity index (χ0) is 18.5. The first-order valence-electron chi connectivity index (χ1n) is 9.12. The Morgan fingerprint density at radius 2 is 1.35 bits per heavy atom. The van der Waals surface area contributed by atoms with Gasteiger partial charge in [0.1, 0.15) is 0 Å². The molecule has 1 aromatic heterocycles. The number of anilines is 2. The van der Waals surface area contributed by atoms with Crippen LogP contribution in [0.2, 0.25) is 19.6 Å². The van der Waals surface area contributed by atoms with Crippen molar-refractivity contribution in [3.8, 4) is 0 Å². The average Bonchev–Trinajstić information content (AvgIpc) is 3.01. The van der Waals surface area contributed by atoms with Gasteiger partial charge in [0.15, 0.2) is 0 Å². The van der Waals surface area contributed by atoms with E-state index in [0.29, 0.717) is 0 Å². The topological polar surface area (TPSA) is 3.24 Å². The van der Waals surface area contributed by atoms with Crippen molar-refractivity contribution in [2.75, 3.05) is 11.9 Å². The first kappa shape index (κ1) is 17.3. The van der Waals surface area contributed by atoms with E-state index in [1.54, 1.807) is 0 Å². The Labute approximate surface area is 160 Å². The summed E-state index contributed by atoms with van der Waals surface area (Å²) in [7, 11) is 0.793. The molecule has 0 spiro atoms. The zero-order valence-corrected chi connectivity index (χ0v) is 17.9. The van der Waals surface area contributed by atoms with Crippen LogP contribution in [0.25, 0.3) is 20.2 Å². The van der Waals surface area contributed by atoms with Gasteiger partial charge in [-0.2, -0.15) is 0 Å². The molecule has 4 aromatic rings. The lowest BCUT2D eigenvalue weighted by atomic mass is 10.1. The van der Waals surface area contributed by atoms with Gasteiger partial charge in [-0.25, -0.2) is 0 Å². The standard InChI is InChI=1S/C23H25NSSi/c1-16-10-8-11-17-18-12-9-14-20(23(18)25-22(16)17)24(2)19-13-6-7-15-21(19)26(3,4)5/h6-15H,1-5H3. The number of aryl methyl sites for hydroxylation is 1. The van der Waals surface area contributed by atoms with Gasteiger partial charge in [0.25, 0.3) is 0 Å². The van der Waals surface area contributed by atoms with Gasteiger partial charge >= 0.3 is 0 Å². The molecule has 0 fully saturated rings. The van der Waals surface area contributed by atoms with E-state index in [-0.39, 0.29) is 0 Å². The average molecular weight is 376 g/mol. The maximum Gasteiger partial charge on any atom is 0.0803 e. The van der Waals surface area contributed by atoms with Crippen LogP contribution in [0.3, 0.4) is 0 Å². The molecule has 0 saturated heterocycles. The van der Waals surface area contributed by atoms with E-state index in [0.717, 1.165) is 0 Å². The summed E-state index contributed by atoms with van der Waals surface area (Å²) in [5.41, 5.74) is 4.00. The minimum atomic E-state index is -1.42. The van der Waals surface area contributed by atoms with E-state index in [2.05, 4.69) is 99.2 Å². The smallest absolute Gasteiger partial charge is 0.0803 e. The number of thiophene rings is 1. The molecular formula is C23H25NSSi. The van der Waals surface area contributed by atoms with Gasteiger partial charge in [0, 0.05) is 28.2 Å². The molecule has 3 aromatic carbocycles. The number of fused-ring (bicyclic) bond motifs is 3. The fraction of sp³-hybridized carbons (Fsp3) is 0.217. The minimum absolute atomic E-state index is 1.30. The number of hydrogen-bond acceptors (Lipinski definition) is 2. The molecule has 0 amide bonds. The van der Waals surface area contributed by atoms with Crippen molar-refractivity contribution in [1.29, 1.82) is 0 Å². The molecule has 1 nitrogen and oxygen atoms in total. The van der Waals surface area contributed by atoms with Gasteiger partial charge in [0.05, 0.1) is 18.5 Å². The summed E-state index contributed by atoms with van der Waals surface area (Å²) < 4.78 is 2.78. The van der Waals surface area contributed by atoms with E-state index in [9.17, 15) is 0 Å². The Bertz CT molecular complexity index is 1100. The van der Waals surface area contributed by atoms with Crippen molar-refractivity contribution in [2.24, 2.45) is 0 Å². The van der Waals surface area contributed by atoms with Crippen LogP contribution in [0.1, 0.15) is 5.56 Å². The summed E-state index contributed by atoms with van der Waals surface area (Å²) in [4.78, 5) is 2.39. The van der Waals surface area contributed by atoms with Crippen molar-refractivity contribution in [2.45, 2.75) is 26.6 Å². The Hall–Kier alpha value is -2.10. The highest BCUT2D eigenvalue weighted by molar-refractivity contribution is 7.26. The fourth-order valence-electron chi connectivity index (χ4n) is 3.74. The Morgan fingerprint density at radius 1 is 0.731 bits per heavy atom. The summed E-state index contributed by atoms with van der Waals surface area (Å²) >= 11 is 1.92. The Kier molecular flexibility index (Phi) is 4.17. The minimum Gasteiger partial charge on any atom is -0.344 e. The molecule has 26 heavy (non-hydrogen) atoms. The molecule has 0 unspecified atom stereocenters. The lowest BCUT2D eigenvalue weighted by Gasteiger charge is -2.28. The van der Waals surface area contributed by atoms with Crippen LogP contribution in [-0.2, 0) is 0 Å². The van der Waals surface area contributed by atoms with Crippen molar-refractivity contribution in [3.63, 3.8) is 0 Å². The molecule has 0 N–H and O–H groups in total. The third-order valence-electron chi connectivity index (χ3n) is 5.14. The Morgan fingerprint density at radius 3 is 2.08 bits per heavy atom. The molecule has 1 heterocycles. The maximum atomic E-state index is 2.42. The molecule has 0 saturated carbocycles. The van der Waals surface area contributed by atoms with Gasteiger partial charge in [-0.3, -0.25) is 0 Å². The number of nitrogens with zero attached hydrogens (tertiary/aromatic N) is 1. The molecule has 0 aliphatic rings. The number of benzene rings is 3. The molecule has 132 valence electrons. The third kappa shape index (κ3) is 2.76. The van der Waals surface area contributed by atoms with E-state index in [1.165, 1.54) is 42.3 Å². The van der Waals surface area contributed by atoms with Crippen molar-refractivity contribution in [3.05, 3.63) is 66.2 Å². The van der Waals surface area contributed by atoms with E-state index in [4.69, 9.17) is 0 Å². The molecule has 0 aliphatic carbocycles. The summed E-state index contributed by atoms with van der Waals surface area (Å²) in [6, 6.07) is 22.3. The van der Waals surface area contributed by atoms with Crippen LogP contribution >= 0.6 is 11.3 Å². The summed E-state index contributed by atoms with van der Waals surface area (Å²) in [6.07, 6.45) is 0. The van der Waals surface area contributed by atoms with Gasteiger partial charge in [0.2, 0.25) is 0 Å². The van der Waals surface area contributed by atoms with Gasteiger partial charge in [-0.1, -0.05) is 68.2 Å². The second kappa shape index (κ2) is 6.25. The molecule has 0 bridgehead atoms. The molecule has 0 radical (unpaired) electrons. The molecule has 4 rings (SSSR count). The highest BCUT2D eigenvalue weighted by atomic mass is 32.1. The predicted molar refractivity (Wildman–Crippen MR) is 122 cm³/mol. The number of rotatable bonds is 3. The highest BCUT2D eigenvalue weighted by Gasteiger charge is 2.23. The predicted octanol–water partition coefficient (Wildman–Crippen LogP) is 6.68. The van der Waals surface area contributed by atoms with E-state index in [1.807, 2.05) is 11.3 Å². The summed E-state index contributed by atoms with van der Waals surface area (Å²) in [6.45, 7) is 9.47. The first-order chi connectivity index (χ1) is 12.4. The SMILES string of the molecule is Cc1cccc2c1sc1c(N(C)c3ccccc3[Si](C)(C)C)cccc12. The zero-order valence-electron chi connectivity index (χ0n) is 16.1. The quantitative estimate of drug-likeness (QED) is 0.361. The first-order valence-corrected chi connectivity index (χ1v) is 13.4. The summed E-state index contributed by atoms with van der Waals surface area (Å²) in [5.74, 6) is 0. The lowest BCUT2D eigenvalue weighted by molar-refractivity contribution is 1.23. The molecule has 0 atom stereocenters. The van der Waals surface area contributed by atoms with Crippen LogP contribution in [0.15, 0.2) is 60.7 Å². The van der Waals surface area contributed by atoms with Crippen molar-refractivity contribution in [1.82, 2.24) is 0 Å². The third-order valence-corrected chi connectivity index (χ3v) is 8.55. The van der Waals surface area contributed by atoms with Crippen molar-refractivity contribution >= 4 is 56.1 Å². The second-order valence-corrected chi connectivity index (χ2v) is 14.1. The van der Waals surface area contributed by atoms with Gasteiger partial charge in [-0.05, 0) is 29.8 Å². The Balaban J connectivity index is 1.96. The monoisotopic (exact) mass is 375 g/mol. The van der Waals surface area contributed by atoms with E-state index >= 15 is 0 Å². The van der Waals surface area contributed by atoms with Crippen LogP contribution in [0, 0.1) is 6.92 Å².